The first-order chi connectivity index (χ1) is 12.1. The zero-order chi connectivity index (χ0) is 17.6. The van der Waals surface area contributed by atoms with Gasteiger partial charge >= 0.3 is 0 Å². The fourth-order valence-electron chi connectivity index (χ4n) is 2.68. The predicted molar refractivity (Wildman–Crippen MR) is 108 cm³/mol. The molecule has 0 aliphatic rings. The van der Waals surface area contributed by atoms with Gasteiger partial charge in [0.05, 0.1) is 24.5 Å². The number of anilines is 2. The van der Waals surface area contributed by atoms with Gasteiger partial charge < -0.3 is 0 Å². The van der Waals surface area contributed by atoms with Gasteiger partial charge in [0.1, 0.15) is 0 Å². The predicted octanol–water partition coefficient (Wildman–Crippen LogP) is 6.19. The van der Waals surface area contributed by atoms with Crippen molar-refractivity contribution in [1.82, 2.24) is 0 Å². The van der Waals surface area contributed by atoms with Crippen LogP contribution in [0, 0.1) is 6.92 Å². The van der Waals surface area contributed by atoms with Crippen molar-refractivity contribution < 1.29 is 0 Å². The molecule has 0 heterocycles. The molecule has 4 heteroatoms. The highest BCUT2D eigenvalue weighted by Crippen LogP contribution is 2.33. The Bertz CT molecular complexity index is 741. The molecule has 0 saturated heterocycles. The smallest absolute Gasteiger partial charge is 0.0599 e. The molecular formula is C21H19Cl2N2. The summed E-state index contributed by atoms with van der Waals surface area (Å²) in [7, 11) is 0. The van der Waals surface area contributed by atoms with Gasteiger partial charge in [-0.05, 0) is 30.2 Å². The lowest BCUT2D eigenvalue weighted by atomic mass is 10.1. The van der Waals surface area contributed by atoms with Crippen LogP contribution in [-0.2, 0) is 13.1 Å². The average Bonchev–Trinajstić information content (AvgIpc) is 2.63. The van der Waals surface area contributed by atoms with E-state index in [1.165, 1.54) is 0 Å². The Morgan fingerprint density at radius 1 is 0.600 bits per heavy atom. The molecule has 0 aromatic heterocycles. The first-order valence-electron chi connectivity index (χ1n) is 8.04. The van der Waals surface area contributed by atoms with E-state index in [-0.39, 0.29) is 0 Å². The molecule has 0 unspecified atom stereocenters. The second kappa shape index (κ2) is 8.28. The van der Waals surface area contributed by atoms with Crippen LogP contribution in [0.5, 0.6) is 0 Å². The molecule has 3 aromatic rings. The van der Waals surface area contributed by atoms with E-state index >= 15 is 0 Å². The normalized spacial score (nSPS) is 10.5. The number of halogens is 2. The average molecular weight is 370 g/mol. The molecule has 3 aromatic carbocycles. The molecule has 3 rings (SSSR count). The van der Waals surface area contributed by atoms with Gasteiger partial charge in [0.2, 0.25) is 0 Å². The van der Waals surface area contributed by atoms with Crippen molar-refractivity contribution in [2.45, 2.75) is 13.1 Å². The largest absolute Gasteiger partial charge is 0.281 e. The van der Waals surface area contributed by atoms with Crippen LogP contribution >= 0.6 is 23.6 Å². The van der Waals surface area contributed by atoms with E-state index in [4.69, 9.17) is 23.6 Å². The van der Waals surface area contributed by atoms with Crippen molar-refractivity contribution in [3.8, 4) is 0 Å². The Balaban J connectivity index is 1.79. The molecule has 0 atom stereocenters. The Hall–Kier alpha value is -2.16. The minimum Gasteiger partial charge on any atom is -0.281 e. The topological polar surface area (TPSA) is 6.48 Å². The second-order valence-corrected chi connectivity index (χ2v) is 6.60. The molecule has 0 aliphatic carbocycles. The first kappa shape index (κ1) is 17.7. The minimum atomic E-state index is 0.593. The van der Waals surface area contributed by atoms with Crippen LogP contribution < -0.4 is 8.84 Å². The highest BCUT2D eigenvalue weighted by Gasteiger charge is 2.14. The molecule has 25 heavy (non-hydrogen) atoms. The van der Waals surface area contributed by atoms with Gasteiger partial charge in [-0.2, -0.15) is 0 Å². The lowest BCUT2D eigenvalue weighted by molar-refractivity contribution is 1.02. The van der Waals surface area contributed by atoms with Crippen LogP contribution in [0.15, 0.2) is 78.9 Å². The van der Waals surface area contributed by atoms with E-state index in [0.29, 0.717) is 13.1 Å². The van der Waals surface area contributed by atoms with Gasteiger partial charge in [-0.3, -0.25) is 8.84 Å². The molecule has 127 valence electrons. The van der Waals surface area contributed by atoms with Crippen LogP contribution in [0.3, 0.4) is 0 Å². The maximum atomic E-state index is 6.51. The van der Waals surface area contributed by atoms with Crippen LogP contribution in [-0.4, -0.2) is 0 Å². The highest BCUT2D eigenvalue weighted by atomic mass is 35.5. The molecule has 0 saturated carbocycles. The maximum Gasteiger partial charge on any atom is 0.0599 e. The van der Waals surface area contributed by atoms with Crippen LogP contribution in [0.1, 0.15) is 16.7 Å². The van der Waals surface area contributed by atoms with Crippen molar-refractivity contribution in [2.24, 2.45) is 0 Å². The number of rotatable bonds is 6. The maximum absolute atomic E-state index is 6.51. The molecule has 0 amide bonds. The number of hydrogen-bond donors (Lipinski definition) is 0. The highest BCUT2D eigenvalue weighted by molar-refractivity contribution is 6.27. The van der Waals surface area contributed by atoms with Gasteiger partial charge in [-0.25, -0.2) is 0 Å². The Labute approximate surface area is 159 Å². The zero-order valence-corrected chi connectivity index (χ0v) is 15.3. The summed E-state index contributed by atoms with van der Waals surface area (Å²) in [5, 5.41) is 0. The third kappa shape index (κ3) is 4.47. The van der Waals surface area contributed by atoms with Crippen LogP contribution in [0.2, 0.25) is 0 Å². The number of hydrogen-bond acceptors (Lipinski definition) is 2. The summed E-state index contributed by atoms with van der Waals surface area (Å²) in [6.07, 6.45) is 0. The standard InChI is InChI=1S/C21H19Cl2N2/c1-17-20(24(22)15-18-9-4-2-5-10-18)13-8-14-21(17)25(23)16-19-11-6-3-7-12-19/h2-14H,1,15-16H2. The third-order valence-corrected chi connectivity index (χ3v) is 4.58. The summed E-state index contributed by atoms with van der Waals surface area (Å²) in [5.41, 5.74) is 4.77. The zero-order valence-electron chi connectivity index (χ0n) is 13.8. The van der Waals surface area contributed by atoms with E-state index in [1.54, 1.807) is 8.84 Å². The molecule has 1 radical (unpaired) electrons. The summed E-state index contributed by atoms with van der Waals surface area (Å²) < 4.78 is 3.35. The van der Waals surface area contributed by atoms with E-state index in [1.807, 2.05) is 78.9 Å². The van der Waals surface area contributed by atoms with Crippen LogP contribution in [0.25, 0.3) is 0 Å². The van der Waals surface area contributed by atoms with E-state index < -0.39 is 0 Å². The minimum absolute atomic E-state index is 0.593. The van der Waals surface area contributed by atoms with E-state index in [2.05, 4.69) is 6.92 Å². The molecular weight excluding hydrogens is 351 g/mol. The van der Waals surface area contributed by atoms with Crippen molar-refractivity contribution in [1.29, 1.82) is 0 Å². The van der Waals surface area contributed by atoms with Crippen molar-refractivity contribution in [2.75, 3.05) is 8.84 Å². The molecule has 2 nitrogen and oxygen atoms in total. The summed E-state index contributed by atoms with van der Waals surface area (Å²) >= 11 is 13.0. The molecule has 0 bridgehead atoms. The summed E-state index contributed by atoms with van der Waals surface area (Å²) in [6.45, 7) is 5.38. The molecule has 0 N–H and O–H groups in total. The fraction of sp³-hybridized carbons (Fsp3) is 0.0952. The first-order valence-corrected chi connectivity index (χ1v) is 8.72. The monoisotopic (exact) mass is 369 g/mol. The number of nitrogens with zero attached hydrogens (tertiary/aromatic N) is 2. The molecule has 0 fully saturated rings. The lowest BCUT2D eigenvalue weighted by Gasteiger charge is -2.23. The van der Waals surface area contributed by atoms with E-state index in [9.17, 15) is 0 Å². The Morgan fingerprint density at radius 2 is 1.00 bits per heavy atom. The number of benzene rings is 3. The van der Waals surface area contributed by atoms with Gasteiger partial charge in [-0.15, -0.1) is 0 Å². The van der Waals surface area contributed by atoms with Crippen LogP contribution in [0.4, 0.5) is 11.4 Å². The third-order valence-electron chi connectivity index (χ3n) is 3.98. The summed E-state index contributed by atoms with van der Waals surface area (Å²) in [6, 6.07) is 26.0. The Morgan fingerprint density at radius 3 is 1.40 bits per heavy atom. The van der Waals surface area contributed by atoms with Crippen molar-refractivity contribution in [3.05, 3.63) is 102 Å². The quantitative estimate of drug-likeness (QED) is 0.478. The van der Waals surface area contributed by atoms with Crippen molar-refractivity contribution in [3.63, 3.8) is 0 Å². The van der Waals surface area contributed by atoms with Gasteiger partial charge in [0.15, 0.2) is 0 Å². The van der Waals surface area contributed by atoms with Gasteiger partial charge in [0.25, 0.3) is 0 Å². The summed E-state index contributed by atoms with van der Waals surface area (Å²) in [4.78, 5) is 0. The SMILES string of the molecule is [CH2]c1c(N(Cl)Cc2ccccc2)cccc1N(Cl)Cc1ccccc1. The lowest BCUT2D eigenvalue weighted by Crippen LogP contribution is -2.15. The van der Waals surface area contributed by atoms with Gasteiger partial charge in [0, 0.05) is 29.1 Å². The second-order valence-electron chi connectivity index (χ2n) is 5.79. The molecule has 0 aliphatic heterocycles. The Kier molecular flexibility index (Phi) is 5.85. The van der Waals surface area contributed by atoms with Crippen molar-refractivity contribution >= 4 is 34.9 Å². The fourth-order valence-corrected chi connectivity index (χ4v) is 3.27. The van der Waals surface area contributed by atoms with E-state index in [0.717, 1.165) is 28.1 Å². The molecule has 0 spiro atoms. The summed E-state index contributed by atoms with van der Waals surface area (Å²) in [5.74, 6) is 0. The van der Waals surface area contributed by atoms with Gasteiger partial charge in [-0.1, -0.05) is 66.7 Å².